The minimum absolute atomic E-state index is 0.00986. The van der Waals surface area contributed by atoms with Crippen molar-refractivity contribution in [2.24, 2.45) is 5.73 Å². The fourth-order valence-corrected chi connectivity index (χ4v) is 1.01. The van der Waals surface area contributed by atoms with Gasteiger partial charge >= 0.3 is 0 Å². The molecule has 0 aromatic rings. The summed E-state index contributed by atoms with van der Waals surface area (Å²) in [7, 11) is 0. The van der Waals surface area contributed by atoms with Crippen molar-refractivity contribution in [3.8, 4) is 0 Å². The van der Waals surface area contributed by atoms with Gasteiger partial charge in [0.15, 0.2) is 0 Å². The van der Waals surface area contributed by atoms with Gasteiger partial charge in [-0.15, -0.1) is 0 Å². The molecule has 3 nitrogen and oxygen atoms in total. The first kappa shape index (κ1) is 6.01. The van der Waals surface area contributed by atoms with Crippen LogP contribution in [0.25, 0.3) is 0 Å². The molecular formula is C5H11NO2. The van der Waals surface area contributed by atoms with E-state index in [0.717, 1.165) is 0 Å². The zero-order chi connectivity index (χ0) is 6.20. The topological polar surface area (TPSA) is 66.5 Å². The normalized spacial score (nSPS) is 46.1. The Morgan fingerprint density at radius 2 is 2.12 bits per heavy atom. The van der Waals surface area contributed by atoms with Crippen LogP contribution < -0.4 is 5.73 Å². The van der Waals surface area contributed by atoms with Gasteiger partial charge in [-0.3, -0.25) is 0 Å². The monoisotopic (exact) mass is 117 g/mol. The summed E-state index contributed by atoms with van der Waals surface area (Å²) in [4.78, 5) is 0. The molecule has 1 aliphatic carbocycles. The van der Waals surface area contributed by atoms with Crippen LogP contribution in [0.2, 0.25) is 0 Å². The van der Waals surface area contributed by atoms with Crippen LogP contribution in [0.1, 0.15) is 12.8 Å². The van der Waals surface area contributed by atoms with Crippen LogP contribution in [0.4, 0.5) is 0 Å². The first-order valence-electron chi connectivity index (χ1n) is 2.74. The van der Waals surface area contributed by atoms with Crippen LogP contribution in [0.5, 0.6) is 0 Å². The van der Waals surface area contributed by atoms with E-state index < -0.39 is 5.54 Å². The van der Waals surface area contributed by atoms with E-state index in [1.165, 1.54) is 0 Å². The van der Waals surface area contributed by atoms with Crippen LogP contribution in [-0.2, 0) is 0 Å². The van der Waals surface area contributed by atoms with Gasteiger partial charge < -0.3 is 15.9 Å². The van der Waals surface area contributed by atoms with Gasteiger partial charge in [0.1, 0.15) is 0 Å². The molecule has 0 aromatic heterocycles. The van der Waals surface area contributed by atoms with Gasteiger partial charge in [0.05, 0.1) is 12.7 Å². The number of nitrogens with two attached hydrogens (primary N) is 1. The quantitative estimate of drug-likeness (QED) is 0.405. The maximum atomic E-state index is 8.72. The predicted octanol–water partition coefficient (Wildman–Crippen LogP) is -1.17. The summed E-state index contributed by atoms with van der Waals surface area (Å²) in [6, 6.07) is 0. The van der Waals surface area contributed by atoms with Crippen molar-refractivity contribution >= 4 is 0 Å². The van der Waals surface area contributed by atoms with Gasteiger partial charge in [0.25, 0.3) is 0 Å². The zero-order valence-corrected chi connectivity index (χ0v) is 4.67. The lowest BCUT2D eigenvalue weighted by Crippen LogP contribution is -2.57. The third kappa shape index (κ3) is 0.844. The Morgan fingerprint density at radius 3 is 2.25 bits per heavy atom. The second kappa shape index (κ2) is 1.69. The summed E-state index contributed by atoms with van der Waals surface area (Å²) in [5, 5.41) is 17.3. The lowest BCUT2D eigenvalue weighted by Gasteiger charge is -2.40. The van der Waals surface area contributed by atoms with Gasteiger partial charge in [-0.1, -0.05) is 0 Å². The first-order valence-corrected chi connectivity index (χ1v) is 2.74. The van der Waals surface area contributed by atoms with E-state index >= 15 is 0 Å². The summed E-state index contributed by atoms with van der Waals surface area (Å²) in [5.74, 6) is 0. The number of aliphatic hydroxyl groups is 2. The first-order chi connectivity index (χ1) is 3.66. The number of aliphatic hydroxyl groups excluding tert-OH is 2. The molecule has 48 valence electrons. The Bertz CT molecular complexity index is 88.4. The van der Waals surface area contributed by atoms with Crippen molar-refractivity contribution in [2.45, 2.75) is 24.5 Å². The van der Waals surface area contributed by atoms with Crippen molar-refractivity contribution in [3.05, 3.63) is 0 Å². The molecule has 0 amide bonds. The molecule has 3 heteroatoms. The second-order valence-corrected chi connectivity index (χ2v) is 2.58. The SMILES string of the molecule is NC1(CO)CC(O)C1. The summed E-state index contributed by atoms with van der Waals surface area (Å²) >= 11 is 0. The molecule has 0 atom stereocenters. The Kier molecular flexibility index (Phi) is 1.27. The Labute approximate surface area is 48.1 Å². The molecule has 1 fully saturated rings. The molecule has 0 heterocycles. The minimum Gasteiger partial charge on any atom is -0.394 e. The van der Waals surface area contributed by atoms with Crippen LogP contribution in [0.3, 0.4) is 0 Å². The second-order valence-electron chi connectivity index (χ2n) is 2.58. The van der Waals surface area contributed by atoms with Crippen molar-refractivity contribution in [1.29, 1.82) is 0 Å². The average Bonchev–Trinajstić information content (AvgIpc) is 1.63. The molecular weight excluding hydrogens is 106 g/mol. The molecule has 0 aromatic carbocycles. The molecule has 0 unspecified atom stereocenters. The Hall–Kier alpha value is -0.120. The molecule has 0 spiro atoms. The fraction of sp³-hybridized carbons (Fsp3) is 1.00. The number of rotatable bonds is 1. The number of hydrogen-bond acceptors (Lipinski definition) is 3. The highest BCUT2D eigenvalue weighted by atomic mass is 16.3. The smallest absolute Gasteiger partial charge is 0.0613 e. The van der Waals surface area contributed by atoms with Gasteiger partial charge in [-0.05, 0) is 12.8 Å². The van der Waals surface area contributed by atoms with Crippen LogP contribution in [-0.4, -0.2) is 28.5 Å². The number of hydrogen-bond donors (Lipinski definition) is 3. The molecule has 4 N–H and O–H groups in total. The molecule has 1 rings (SSSR count). The summed E-state index contributed by atoms with van der Waals surface area (Å²) in [5.41, 5.74) is 5.02. The maximum Gasteiger partial charge on any atom is 0.0613 e. The summed E-state index contributed by atoms with van der Waals surface area (Å²) in [6.45, 7) is -0.00986. The molecule has 1 saturated carbocycles. The van der Waals surface area contributed by atoms with Gasteiger partial charge in [-0.25, -0.2) is 0 Å². The van der Waals surface area contributed by atoms with Crippen LogP contribution >= 0.6 is 0 Å². The van der Waals surface area contributed by atoms with E-state index in [2.05, 4.69) is 0 Å². The largest absolute Gasteiger partial charge is 0.394 e. The van der Waals surface area contributed by atoms with E-state index in [-0.39, 0.29) is 12.7 Å². The zero-order valence-electron chi connectivity index (χ0n) is 4.67. The minimum atomic E-state index is -0.459. The maximum absolute atomic E-state index is 8.72. The molecule has 1 aliphatic rings. The predicted molar refractivity (Wildman–Crippen MR) is 29.2 cm³/mol. The highest BCUT2D eigenvalue weighted by Crippen LogP contribution is 2.28. The standard InChI is InChI=1S/C5H11NO2/c6-5(3-7)1-4(8)2-5/h4,7-8H,1-3,6H2. The fourth-order valence-electron chi connectivity index (χ4n) is 1.01. The van der Waals surface area contributed by atoms with Crippen molar-refractivity contribution in [3.63, 3.8) is 0 Å². The van der Waals surface area contributed by atoms with Gasteiger partial charge in [0.2, 0.25) is 0 Å². The van der Waals surface area contributed by atoms with Gasteiger partial charge in [-0.2, -0.15) is 0 Å². The Morgan fingerprint density at radius 1 is 1.62 bits per heavy atom. The van der Waals surface area contributed by atoms with E-state index in [9.17, 15) is 0 Å². The van der Waals surface area contributed by atoms with Crippen molar-refractivity contribution in [2.75, 3.05) is 6.61 Å². The third-order valence-corrected chi connectivity index (χ3v) is 1.60. The van der Waals surface area contributed by atoms with Gasteiger partial charge in [0, 0.05) is 5.54 Å². The van der Waals surface area contributed by atoms with Crippen LogP contribution in [0.15, 0.2) is 0 Å². The molecule has 0 radical (unpaired) electrons. The lowest BCUT2D eigenvalue weighted by atomic mass is 9.76. The van der Waals surface area contributed by atoms with Crippen LogP contribution in [0, 0.1) is 0 Å². The third-order valence-electron chi connectivity index (χ3n) is 1.60. The highest BCUT2D eigenvalue weighted by Gasteiger charge is 2.39. The van der Waals surface area contributed by atoms with E-state index in [1.54, 1.807) is 0 Å². The van der Waals surface area contributed by atoms with E-state index in [1.807, 2.05) is 0 Å². The summed E-state index contributed by atoms with van der Waals surface area (Å²) in [6.07, 6.45) is 0.819. The molecule has 0 saturated heterocycles. The molecule has 0 aliphatic heterocycles. The van der Waals surface area contributed by atoms with E-state index in [4.69, 9.17) is 15.9 Å². The van der Waals surface area contributed by atoms with Crippen molar-refractivity contribution < 1.29 is 10.2 Å². The lowest BCUT2D eigenvalue weighted by molar-refractivity contribution is -0.00624. The van der Waals surface area contributed by atoms with E-state index in [0.29, 0.717) is 12.8 Å². The van der Waals surface area contributed by atoms with Crippen molar-refractivity contribution in [1.82, 2.24) is 0 Å². The average molecular weight is 117 g/mol. The highest BCUT2D eigenvalue weighted by molar-refractivity contribution is 4.97. The Balaban J connectivity index is 2.30. The molecule has 0 bridgehead atoms. The molecule has 8 heavy (non-hydrogen) atoms. The summed E-state index contributed by atoms with van der Waals surface area (Å²) < 4.78 is 0.